The molecule has 1 aromatic rings. The average molecular weight is 279 g/mol. The Morgan fingerprint density at radius 3 is 2.60 bits per heavy atom. The van der Waals surface area contributed by atoms with E-state index in [9.17, 15) is 10.2 Å². The fourth-order valence-electron chi connectivity index (χ4n) is 2.60. The lowest BCUT2D eigenvalue weighted by atomic mass is 9.81. The largest absolute Gasteiger partial charge is 0.504 e. The van der Waals surface area contributed by atoms with Crippen molar-refractivity contribution >= 4 is 0 Å². The Morgan fingerprint density at radius 1 is 1.30 bits per heavy atom. The lowest BCUT2D eigenvalue weighted by Gasteiger charge is -2.39. The highest BCUT2D eigenvalue weighted by Gasteiger charge is 2.36. The van der Waals surface area contributed by atoms with Crippen molar-refractivity contribution in [2.24, 2.45) is 5.41 Å². The second-order valence-corrected chi connectivity index (χ2v) is 6.49. The molecular formula is C16H25NO3. The van der Waals surface area contributed by atoms with Crippen molar-refractivity contribution in [3.05, 3.63) is 23.3 Å². The summed E-state index contributed by atoms with van der Waals surface area (Å²) in [5.74, 6) is -0.0536. The minimum absolute atomic E-state index is 0.00143. The van der Waals surface area contributed by atoms with Gasteiger partial charge < -0.3 is 20.3 Å². The quantitative estimate of drug-likeness (QED) is 0.745. The summed E-state index contributed by atoms with van der Waals surface area (Å²) in [5.41, 5.74) is 1.78. The summed E-state index contributed by atoms with van der Waals surface area (Å²) >= 11 is 0. The fourth-order valence-corrected chi connectivity index (χ4v) is 2.60. The zero-order valence-electron chi connectivity index (χ0n) is 12.7. The smallest absolute Gasteiger partial charge is 0.161 e. The number of nitrogens with one attached hydrogen (secondary N) is 1. The van der Waals surface area contributed by atoms with Crippen molar-refractivity contribution in [1.82, 2.24) is 5.32 Å². The van der Waals surface area contributed by atoms with E-state index in [-0.39, 0.29) is 29.1 Å². The summed E-state index contributed by atoms with van der Waals surface area (Å²) < 4.78 is 6.22. The third kappa shape index (κ3) is 2.91. The van der Waals surface area contributed by atoms with E-state index in [0.29, 0.717) is 13.0 Å². The van der Waals surface area contributed by atoms with Crippen molar-refractivity contribution in [3.63, 3.8) is 0 Å². The topological polar surface area (TPSA) is 61.7 Å². The van der Waals surface area contributed by atoms with Crippen LogP contribution in [-0.4, -0.2) is 29.4 Å². The second kappa shape index (κ2) is 5.62. The lowest BCUT2D eigenvalue weighted by molar-refractivity contribution is -0.0774. The van der Waals surface area contributed by atoms with Gasteiger partial charge >= 0.3 is 0 Å². The summed E-state index contributed by atoms with van der Waals surface area (Å²) in [5, 5.41) is 23.2. The molecule has 2 atom stereocenters. The van der Waals surface area contributed by atoms with E-state index in [1.807, 2.05) is 6.07 Å². The monoisotopic (exact) mass is 279 g/mol. The van der Waals surface area contributed by atoms with Gasteiger partial charge in [-0.1, -0.05) is 33.8 Å². The van der Waals surface area contributed by atoms with Gasteiger partial charge in [-0.2, -0.15) is 0 Å². The zero-order valence-corrected chi connectivity index (χ0v) is 12.7. The van der Waals surface area contributed by atoms with Gasteiger partial charge in [-0.25, -0.2) is 0 Å². The van der Waals surface area contributed by atoms with Crippen molar-refractivity contribution in [2.45, 2.75) is 46.3 Å². The van der Waals surface area contributed by atoms with Crippen LogP contribution >= 0.6 is 0 Å². The maximum absolute atomic E-state index is 10.1. The molecule has 0 aromatic heterocycles. The highest BCUT2D eigenvalue weighted by Crippen LogP contribution is 2.43. The Kier molecular flexibility index (Phi) is 4.25. The number of hydrogen-bond acceptors (Lipinski definition) is 4. The molecule has 0 amide bonds. The predicted molar refractivity (Wildman–Crippen MR) is 79.1 cm³/mol. The molecule has 0 radical (unpaired) electrons. The number of hydrogen-bond donors (Lipinski definition) is 3. The van der Waals surface area contributed by atoms with E-state index in [1.165, 1.54) is 6.07 Å². The van der Waals surface area contributed by atoms with Gasteiger partial charge in [-0.05, 0) is 23.6 Å². The summed E-state index contributed by atoms with van der Waals surface area (Å²) in [7, 11) is 0. The molecule has 0 saturated carbocycles. The Morgan fingerprint density at radius 2 is 2.00 bits per heavy atom. The van der Waals surface area contributed by atoms with E-state index in [1.54, 1.807) is 0 Å². The fraction of sp³-hybridized carbons (Fsp3) is 0.625. The number of fused-ring (bicyclic) bond motifs is 1. The van der Waals surface area contributed by atoms with Gasteiger partial charge in [0.1, 0.15) is 0 Å². The molecular weight excluding hydrogens is 254 g/mol. The zero-order chi connectivity index (χ0) is 14.9. The first-order chi connectivity index (χ1) is 9.34. The molecule has 0 fully saturated rings. The minimum Gasteiger partial charge on any atom is -0.504 e. The van der Waals surface area contributed by atoms with Crippen LogP contribution in [0.1, 0.15) is 44.9 Å². The average Bonchev–Trinajstić information content (AvgIpc) is 2.39. The molecule has 1 aliphatic rings. The maximum Gasteiger partial charge on any atom is 0.161 e. The standard InChI is InChI=1S/C16H25NO3/c1-5-17-9-13-10-6-7-12(18)15(19)11(10)8-14(20-13)16(2,3)4/h6-7,13-14,17-19H,5,8-9H2,1-4H3. The predicted octanol–water partition coefficient (Wildman–Crippen LogP) is 2.74. The molecule has 0 saturated heterocycles. The summed E-state index contributed by atoms with van der Waals surface area (Å²) in [4.78, 5) is 0. The van der Waals surface area contributed by atoms with Crippen molar-refractivity contribution in [2.75, 3.05) is 13.1 Å². The molecule has 4 heteroatoms. The van der Waals surface area contributed by atoms with Crippen LogP contribution in [-0.2, 0) is 11.2 Å². The van der Waals surface area contributed by atoms with E-state index >= 15 is 0 Å². The number of rotatable bonds is 3. The molecule has 112 valence electrons. The number of phenolic OH excluding ortho intramolecular Hbond substituents is 2. The van der Waals surface area contributed by atoms with Gasteiger partial charge in [0.25, 0.3) is 0 Å². The van der Waals surface area contributed by atoms with Crippen LogP contribution in [0, 0.1) is 5.41 Å². The molecule has 1 heterocycles. The van der Waals surface area contributed by atoms with Crippen LogP contribution in [0.2, 0.25) is 0 Å². The number of benzene rings is 1. The maximum atomic E-state index is 10.1. The molecule has 2 unspecified atom stereocenters. The van der Waals surface area contributed by atoms with Crippen LogP contribution in [0.5, 0.6) is 11.5 Å². The van der Waals surface area contributed by atoms with Crippen molar-refractivity contribution in [1.29, 1.82) is 0 Å². The summed E-state index contributed by atoms with van der Waals surface area (Å²) in [6.45, 7) is 10.0. The van der Waals surface area contributed by atoms with Gasteiger partial charge in [0.2, 0.25) is 0 Å². The lowest BCUT2D eigenvalue weighted by Crippen LogP contribution is -2.39. The van der Waals surface area contributed by atoms with Crippen LogP contribution in [0.25, 0.3) is 0 Å². The van der Waals surface area contributed by atoms with Crippen molar-refractivity contribution in [3.8, 4) is 11.5 Å². The van der Waals surface area contributed by atoms with Crippen LogP contribution in [0.3, 0.4) is 0 Å². The number of phenols is 2. The molecule has 4 nitrogen and oxygen atoms in total. The summed E-state index contributed by atoms with van der Waals surface area (Å²) in [6, 6.07) is 3.39. The number of likely N-dealkylation sites (N-methyl/N-ethyl adjacent to an activating group) is 1. The molecule has 3 N–H and O–H groups in total. The van der Waals surface area contributed by atoms with Gasteiger partial charge in [0, 0.05) is 18.5 Å². The van der Waals surface area contributed by atoms with Crippen LogP contribution < -0.4 is 5.32 Å². The van der Waals surface area contributed by atoms with Gasteiger partial charge in [0.15, 0.2) is 11.5 Å². The highest BCUT2D eigenvalue weighted by molar-refractivity contribution is 5.51. The molecule has 0 spiro atoms. The first-order valence-electron chi connectivity index (χ1n) is 7.24. The third-order valence-corrected chi connectivity index (χ3v) is 3.91. The van der Waals surface area contributed by atoms with Gasteiger partial charge in [-0.3, -0.25) is 0 Å². The Hall–Kier alpha value is -1.26. The Bertz CT molecular complexity index is 479. The van der Waals surface area contributed by atoms with E-state index < -0.39 is 0 Å². The van der Waals surface area contributed by atoms with E-state index in [2.05, 4.69) is 33.0 Å². The van der Waals surface area contributed by atoms with Crippen LogP contribution in [0.4, 0.5) is 0 Å². The second-order valence-electron chi connectivity index (χ2n) is 6.49. The summed E-state index contributed by atoms with van der Waals surface area (Å²) in [6.07, 6.45) is 0.558. The SMILES string of the molecule is CCNCC1OC(C(C)(C)C)Cc2c1ccc(O)c2O. The molecule has 0 aliphatic carbocycles. The number of ether oxygens (including phenoxy) is 1. The highest BCUT2D eigenvalue weighted by atomic mass is 16.5. The molecule has 1 aliphatic heterocycles. The third-order valence-electron chi connectivity index (χ3n) is 3.91. The Labute approximate surface area is 120 Å². The molecule has 0 bridgehead atoms. The molecule has 1 aromatic carbocycles. The van der Waals surface area contributed by atoms with Crippen LogP contribution in [0.15, 0.2) is 12.1 Å². The normalized spacial score (nSPS) is 22.6. The molecule has 2 rings (SSSR count). The number of aromatic hydroxyl groups is 2. The first-order valence-corrected chi connectivity index (χ1v) is 7.24. The minimum atomic E-state index is -0.0885. The first kappa shape index (κ1) is 15.1. The Balaban J connectivity index is 2.38. The van der Waals surface area contributed by atoms with Crippen molar-refractivity contribution < 1.29 is 14.9 Å². The van der Waals surface area contributed by atoms with E-state index in [4.69, 9.17) is 4.74 Å². The van der Waals surface area contributed by atoms with Gasteiger partial charge in [0.05, 0.1) is 12.2 Å². The van der Waals surface area contributed by atoms with E-state index in [0.717, 1.165) is 17.7 Å². The molecule has 20 heavy (non-hydrogen) atoms. The van der Waals surface area contributed by atoms with Gasteiger partial charge in [-0.15, -0.1) is 0 Å².